The number of aromatic nitrogens is 3. The second-order valence-electron chi connectivity index (χ2n) is 6.43. The van der Waals surface area contributed by atoms with Crippen molar-refractivity contribution in [1.29, 1.82) is 0 Å². The molecule has 0 saturated carbocycles. The third kappa shape index (κ3) is 6.44. The highest BCUT2D eigenvalue weighted by Gasteiger charge is 2.16. The molecule has 3 rings (SSSR count). The van der Waals surface area contributed by atoms with Crippen LogP contribution in [0, 0.1) is 6.92 Å². The molecule has 0 saturated heterocycles. The summed E-state index contributed by atoms with van der Waals surface area (Å²) in [6.45, 7) is 1.86. The lowest BCUT2D eigenvalue weighted by molar-refractivity contribution is 0.199. The molecule has 3 aromatic rings. The minimum absolute atomic E-state index is 0.0279. The van der Waals surface area contributed by atoms with Crippen LogP contribution in [0.15, 0.2) is 24.3 Å². The van der Waals surface area contributed by atoms with Crippen LogP contribution in [0.4, 0.5) is 5.82 Å². The Morgan fingerprint density at radius 3 is 2.29 bits per heavy atom. The Bertz CT molecular complexity index is 1030. The van der Waals surface area contributed by atoms with Crippen LogP contribution >= 0.6 is 43.1 Å². The van der Waals surface area contributed by atoms with E-state index in [1.807, 2.05) is 19.1 Å². The third-order valence-electron chi connectivity index (χ3n) is 3.97. The molecule has 2 heterocycles. The first-order valence-electron chi connectivity index (χ1n) is 8.95. The number of pyridine rings is 1. The molecule has 2 aromatic heterocycles. The summed E-state index contributed by atoms with van der Waals surface area (Å²) in [5.41, 5.74) is 8.28. The van der Waals surface area contributed by atoms with Gasteiger partial charge in [0.05, 0.1) is 22.7 Å². The molecule has 0 aliphatic heterocycles. The molecule has 1 aromatic carbocycles. The molecule has 0 bridgehead atoms. The first kappa shape index (κ1) is 24.0. The van der Waals surface area contributed by atoms with Gasteiger partial charge in [0.15, 0.2) is 5.75 Å². The van der Waals surface area contributed by atoms with Gasteiger partial charge in [0.25, 0.3) is 0 Å². The van der Waals surface area contributed by atoms with Crippen LogP contribution in [0.25, 0.3) is 21.1 Å². The van der Waals surface area contributed by atoms with Crippen LogP contribution in [-0.2, 0) is 4.52 Å². The standard InChI is InChI=1S/C18H20Cl2N5O4PS/c1-9-3-10(6-15(22-2)23-9)17-24-25-18(31-17)11-4-13(19)16(14(20)5-11)28-7-12(21)8-29-30(26)27/h3-6,12,26-27H,7-8,21H2,1-2H3,(H,22,23). The van der Waals surface area contributed by atoms with Crippen molar-refractivity contribution in [1.82, 2.24) is 15.2 Å². The number of rotatable bonds is 9. The molecule has 5 N–H and O–H groups in total. The van der Waals surface area contributed by atoms with E-state index in [0.29, 0.717) is 10.6 Å². The van der Waals surface area contributed by atoms with Crippen molar-refractivity contribution in [2.45, 2.75) is 13.0 Å². The topological polar surface area (TPSA) is 136 Å². The number of nitrogens with one attached hydrogen (secondary N) is 1. The molecule has 0 aliphatic rings. The molecule has 166 valence electrons. The third-order valence-corrected chi connectivity index (χ3v) is 5.94. The summed E-state index contributed by atoms with van der Waals surface area (Å²) in [6, 6.07) is 6.62. The average molecular weight is 504 g/mol. The lowest BCUT2D eigenvalue weighted by atomic mass is 10.2. The summed E-state index contributed by atoms with van der Waals surface area (Å²) >= 11 is 14.1. The van der Waals surface area contributed by atoms with Gasteiger partial charge in [-0.25, -0.2) is 4.98 Å². The van der Waals surface area contributed by atoms with Crippen molar-refractivity contribution >= 4 is 49.0 Å². The van der Waals surface area contributed by atoms with E-state index in [-0.39, 0.29) is 29.0 Å². The van der Waals surface area contributed by atoms with Gasteiger partial charge in [-0.2, -0.15) is 0 Å². The van der Waals surface area contributed by atoms with Crippen LogP contribution in [0.5, 0.6) is 5.75 Å². The van der Waals surface area contributed by atoms with Crippen molar-refractivity contribution in [3.05, 3.63) is 40.0 Å². The Kier molecular flexibility index (Phi) is 8.37. The van der Waals surface area contributed by atoms with E-state index in [1.165, 1.54) is 11.3 Å². The number of ether oxygens (including phenoxy) is 1. The molecule has 1 atom stereocenters. The van der Waals surface area contributed by atoms with Gasteiger partial charge < -0.3 is 30.1 Å². The molecular weight excluding hydrogens is 484 g/mol. The molecule has 0 aliphatic carbocycles. The maximum Gasteiger partial charge on any atom is 0.327 e. The molecule has 0 amide bonds. The van der Waals surface area contributed by atoms with Crippen LogP contribution in [-0.4, -0.2) is 51.3 Å². The van der Waals surface area contributed by atoms with Crippen molar-refractivity contribution in [3.63, 3.8) is 0 Å². The van der Waals surface area contributed by atoms with Gasteiger partial charge in [-0.15, -0.1) is 10.2 Å². The predicted molar refractivity (Wildman–Crippen MR) is 124 cm³/mol. The van der Waals surface area contributed by atoms with Gasteiger partial charge in [-0.3, -0.25) is 0 Å². The van der Waals surface area contributed by atoms with Gasteiger partial charge in [-0.05, 0) is 31.2 Å². The molecule has 0 spiro atoms. The van der Waals surface area contributed by atoms with E-state index in [1.54, 1.807) is 19.2 Å². The van der Waals surface area contributed by atoms with Gasteiger partial charge in [0.2, 0.25) is 0 Å². The number of aryl methyl sites for hydroxylation is 1. The van der Waals surface area contributed by atoms with Crippen molar-refractivity contribution in [3.8, 4) is 26.9 Å². The van der Waals surface area contributed by atoms with E-state index in [2.05, 4.69) is 25.0 Å². The fourth-order valence-electron chi connectivity index (χ4n) is 2.60. The number of hydrogen-bond acceptors (Lipinski definition) is 10. The molecule has 0 radical (unpaired) electrons. The second kappa shape index (κ2) is 10.8. The van der Waals surface area contributed by atoms with Crippen LogP contribution in [0.3, 0.4) is 0 Å². The van der Waals surface area contributed by atoms with Crippen LogP contribution < -0.4 is 15.8 Å². The fraction of sp³-hybridized carbons (Fsp3) is 0.278. The second-order valence-corrected chi connectivity index (χ2v) is 8.99. The zero-order chi connectivity index (χ0) is 22.5. The number of nitrogens with two attached hydrogens (primary N) is 1. The molecule has 9 nitrogen and oxygen atoms in total. The summed E-state index contributed by atoms with van der Waals surface area (Å²) < 4.78 is 10.3. The summed E-state index contributed by atoms with van der Waals surface area (Å²) in [6.07, 6.45) is 0. The molecule has 31 heavy (non-hydrogen) atoms. The highest BCUT2D eigenvalue weighted by atomic mass is 35.5. The zero-order valence-corrected chi connectivity index (χ0v) is 19.8. The molecule has 1 unspecified atom stereocenters. The minimum Gasteiger partial charge on any atom is -0.489 e. The Hall–Kier alpha value is -1.62. The quantitative estimate of drug-likeness (QED) is 0.320. The summed E-state index contributed by atoms with van der Waals surface area (Å²) in [5, 5.41) is 13.5. The van der Waals surface area contributed by atoms with Crippen molar-refractivity contribution < 1.29 is 19.0 Å². The Morgan fingerprint density at radius 2 is 1.71 bits per heavy atom. The Morgan fingerprint density at radius 1 is 1.10 bits per heavy atom. The van der Waals surface area contributed by atoms with E-state index in [9.17, 15) is 0 Å². The van der Waals surface area contributed by atoms with E-state index in [4.69, 9.17) is 43.5 Å². The van der Waals surface area contributed by atoms with Crippen LogP contribution in [0.1, 0.15) is 5.69 Å². The Labute approximate surface area is 194 Å². The number of benzene rings is 1. The fourth-order valence-corrected chi connectivity index (χ4v) is 4.34. The lowest BCUT2D eigenvalue weighted by Gasteiger charge is -2.15. The lowest BCUT2D eigenvalue weighted by Crippen LogP contribution is -2.32. The molecule has 13 heteroatoms. The highest BCUT2D eigenvalue weighted by Crippen LogP contribution is 2.39. The van der Waals surface area contributed by atoms with Gasteiger partial charge in [-0.1, -0.05) is 34.5 Å². The number of halogens is 2. The zero-order valence-electron chi connectivity index (χ0n) is 16.5. The largest absolute Gasteiger partial charge is 0.489 e. The van der Waals surface area contributed by atoms with Gasteiger partial charge in [0.1, 0.15) is 22.4 Å². The first-order valence-corrected chi connectivity index (χ1v) is 11.7. The van der Waals surface area contributed by atoms with Crippen molar-refractivity contribution in [2.75, 3.05) is 25.6 Å². The van der Waals surface area contributed by atoms with E-state index < -0.39 is 14.6 Å². The predicted octanol–water partition coefficient (Wildman–Crippen LogP) is 3.86. The molecule has 0 fully saturated rings. The maximum absolute atomic E-state index is 8.77. The number of nitrogens with zero attached hydrogens (tertiary/aromatic N) is 3. The number of anilines is 1. The monoisotopic (exact) mass is 503 g/mol. The van der Waals surface area contributed by atoms with Crippen LogP contribution in [0.2, 0.25) is 10.0 Å². The van der Waals surface area contributed by atoms with E-state index >= 15 is 0 Å². The number of hydrogen-bond donors (Lipinski definition) is 4. The van der Waals surface area contributed by atoms with Gasteiger partial charge in [0, 0.05) is 23.9 Å². The summed E-state index contributed by atoms with van der Waals surface area (Å²) in [5.74, 6) is 1.02. The highest BCUT2D eigenvalue weighted by molar-refractivity contribution is 7.39. The molecular formula is C18H20Cl2N5O4PS. The summed E-state index contributed by atoms with van der Waals surface area (Å²) in [4.78, 5) is 21.9. The first-order chi connectivity index (χ1) is 14.8. The van der Waals surface area contributed by atoms with Crippen molar-refractivity contribution in [2.24, 2.45) is 5.73 Å². The van der Waals surface area contributed by atoms with Gasteiger partial charge >= 0.3 is 8.60 Å². The Balaban J connectivity index is 1.77. The summed E-state index contributed by atoms with van der Waals surface area (Å²) in [7, 11) is -0.660. The maximum atomic E-state index is 8.77. The average Bonchev–Trinajstić information content (AvgIpc) is 3.21. The smallest absolute Gasteiger partial charge is 0.327 e. The van der Waals surface area contributed by atoms with E-state index in [0.717, 1.165) is 22.1 Å². The SMILES string of the molecule is CNc1cc(-c2nnc(-c3cc(Cl)c(OCC(N)COP(O)O)c(Cl)c3)s2)cc(C)n1. The normalized spacial score (nSPS) is 12.3. The minimum atomic E-state index is -2.47.